The van der Waals surface area contributed by atoms with Crippen LogP contribution in [0.5, 0.6) is 0 Å². The summed E-state index contributed by atoms with van der Waals surface area (Å²) in [5.74, 6) is 0.459. The summed E-state index contributed by atoms with van der Waals surface area (Å²) in [7, 11) is 1.76. The highest BCUT2D eigenvalue weighted by molar-refractivity contribution is 5.98. The van der Waals surface area contributed by atoms with Gasteiger partial charge in [-0.3, -0.25) is 9.59 Å². The molecule has 0 bridgehead atoms. The molecule has 0 aromatic rings. The Morgan fingerprint density at radius 2 is 1.96 bits per heavy atom. The summed E-state index contributed by atoms with van der Waals surface area (Å²) in [6, 6.07) is -0.0886. The first-order valence-electron chi connectivity index (χ1n) is 10.7. The fourth-order valence-corrected chi connectivity index (χ4v) is 4.54. The number of nitrogens with one attached hydrogen (secondary N) is 1. The number of carbonyl (C=O) groups excluding carboxylic acids is 2. The van der Waals surface area contributed by atoms with Crippen LogP contribution in [-0.4, -0.2) is 30.9 Å². The van der Waals surface area contributed by atoms with E-state index in [-0.39, 0.29) is 17.9 Å². The standard InChI is InChI=1S/C24H33NO3/c1-4-17-9-10-18-6-5-7-21(16(2)8-15-22(18)25-24(17)27)23(26)19-11-13-20(28-3)14-12-19/h6,8-9,15,19-20,22H,4-5,7,10-14H2,1-3H3,(H,25,27)/b15-8?,18-6-,21-16+. The van der Waals surface area contributed by atoms with E-state index in [2.05, 4.69) is 11.4 Å². The number of ether oxygens (including phenoxy) is 1. The zero-order valence-corrected chi connectivity index (χ0v) is 17.4. The molecule has 0 aromatic carbocycles. The van der Waals surface area contributed by atoms with Gasteiger partial charge in [0, 0.05) is 18.6 Å². The molecule has 0 aromatic heterocycles. The molecular weight excluding hydrogens is 350 g/mol. The maximum Gasteiger partial charge on any atom is 0.247 e. The van der Waals surface area contributed by atoms with Gasteiger partial charge in [0.1, 0.15) is 0 Å². The van der Waals surface area contributed by atoms with Gasteiger partial charge in [0.2, 0.25) is 5.91 Å². The molecule has 28 heavy (non-hydrogen) atoms. The molecule has 1 fully saturated rings. The van der Waals surface area contributed by atoms with E-state index < -0.39 is 0 Å². The Kier molecular flexibility index (Phi) is 7.06. The molecule has 1 amide bonds. The van der Waals surface area contributed by atoms with Crippen molar-refractivity contribution >= 4 is 11.7 Å². The van der Waals surface area contributed by atoms with Crippen molar-refractivity contribution in [2.24, 2.45) is 5.92 Å². The number of Topliss-reactive ketones (excluding diaryl/α,β-unsaturated/α-hetero) is 1. The average Bonchev–Trinajstić information content (AvgIpc) is 2.82. The van der Waals surface area contributed by atoms with Crippen LogP contribution in [0.2, 0.25) is 0 Å². The lowest BCUT2D eigenvalue weighted by Gasteiger charge is -2.27. The molecule has 1 unspecified atom stereocenters. The largest absolute Gasteiger partial charge is 0.381 e. The Balaban J connectivity index is 1.76. The van der Waals surface area contributed by atoms with Crippen molar-refractivity contribution in [1.82, 2.24) is 5.32 Å². The predicted octanol–water partition coefficient (Wildman–Crippen LogP) is 4.58. The fourth-order valence-electron chi connectivity index (χ4n) is 4.54. The Labute approximate surface area is 168 Å². The van der Waals surface area contributed by atoms with Crippen molar-refractivity contribution in [3.8, 4) is 0 Å². The van der Waals surface area contributed by atoms with Gasteiger partial charge in [-0.05, 0) is 75.0 Å². The van der Waals surface area contributed by atoms with Crippen LogP contribution < -0.4 is 5.32 Å². The summed E-state index contributed by atoms with van der Waals surface area (Å²) in [5.41, 5.74) is 4.07. The van der Waals surface area contributed by atoms with E-state index in [9.17, 15) is 9.59 Å². The maximum absolute atomic E-state index is 13.2. The highest BCUT2D eigenvalue weighted by Crippen LogP contribution is 2.31. The predicted molar refractivity (Wildman–Crippen MR) is 112 cm³/mol. The van der Waals surface area contributed by atoms with Crippen LogP contribution in [0.25, 0.3) is 0 Å². The lowest BCUT2D eigenvalue weighted by Crippen LogP contribution is -2.34. The molecule has 152 valence electrons. The first kappa shape index (κ1) is 20.8. The van der Waals surface area contributed by atoms with E-state index in [4.69, 9.17) is 4.74 Å². The van der Waals surface area contributed by atoms with Gasteiger partial charge < -0.3 is 10.1 Å². The third-order valence-corrected chi connectivity index (χ3v) is 6.43. The quantitative estimate of drug-likeness (QED) is 0.723. The number of hydrogen-bond acceptors (Lipinski definition) is 3. The first-order chi connectivity index (χ1) is 13.5. The van der Waals surface area contributed by atoms with Crippen LogP contribution in [0.3, 0.4) is 0 Å². The SMILES string of the molecule is CCC1=CC/C2=C/CC/C(C(=O)C3CCC(OC)CC3)=C(/C)C=CC2NC1=O. The summed E-state index contributed by atoms with van der Waals surface area (Å²) >= 11 is 0. The third-order valence-electron chi connectivity index (χ3n) is 6.43. The monoisotopic (exact) mass is 383 g/mol. The Bertz CT molecular complexity index is 733. The number of methoxy groups -OCH3 is 1. The van der Waals surface area contributed by atoms with Crippen LogP contribution in [0.4, 0.5) is 0 Å². The fraction of sp³-hybridized carbons (Fsp3) is 0.583. The second-order valence-corrected chi connectivity index (χ2v) is 8.15. The number of ketones is 1. The number of amides is 1. The molecule has 1 saturated carbocycles. The van der Waals surface area contributed by atoms with Crippen LogP contribution in [0, 0.1) is 5.92 Å². The number of allylic oxidation sites excluding steroid dienone is 5. The molecule has 1 N–H and O–H groups in total. The van der Waals surface area contributed by atoms with Crippen molar-refractivity contribution in [1.29, 1.82) is 0 Å². The lowest BCUT2D eigenvalue weighted by atomic mass is 9.80. The van der Waals surface area contributed by atoms with Gasteiger partial charge in [-0.1, -0.05) is 31.2 Å². The van der Waals surface area contributed by atoms with Crippen molar-refractivity contribution in [3.05, 3.63) is 46.6 Å². The highest BCUT2D eigenvalue weighted by atomic mass is 16.5. The minimum absolute atomic E-state index is 0.0210. The molecule has 2 aliphatic carbocycles. The molecular formula is C24H33NO3. The zero-order chi connectivity index (χ0) is 20.1. The van der Waals surface area contributed by atoms with Gasteiger partial charge in [0.25, 0.3) is 0 Å². The van der Waals surface area contributed by atoms with Crippen molar-refractivity contribution in [3.63, 3.8) is 0 Å². The summed E-state index contributed by atoms with van der Waals surface area (Å²) in [5, 5.41) is 3.13. The van der Waals surface area contributed by atoms with Crippen LogP contribution >= 0.6 is 0 Å². The average molecular weight is 384 g/mol. The van der Waals surface area contributed by atoms with E-state index in [0.717, 1.165) is 68.1 Å². The van der Waals surface area contributed by atoms with E-state index in [0.29, 0.717) is 11.9 Å². The molecule has 0 saturated heterocycles. The van der Waals surface area contributed by atoms with Gasteiger partial charge in [-0.15, -0.1) is 0 Å². The normalized spacial score (nSPS) is 33.2. The zero-order valence-electron chi connectivity index (χ0n) is 17.4. The van der Waals surface area contributed by atoms with Crippen LogP contribution in [0.15, 0.2) is 46.6 Å². The smallest absolute Gasteiger partial charge is 0.247 e. The Morgan fingerprint density at radius 3 is 2.64 bits per heavy atom. The second kappa shape index (κ2) is 9.51. The van der Waals surface area contributed by atoms with Gasteiger partial charge in [-0.2, -0.15) is 0 Å². The van der Waals surface area contributed by atoms with Crippen LogP contribution in [-0.2, 0) is 14.3 Å². The lowest BCUT2D eigenvalue weighted by molar-refractivity contribution is -0.121. The molecule has 3 rings (SSSR count). The minimum atomic E-state index is -0.0886. The van der Waals surface area contributed by atoms with Gasteiger partial charge >= 0.3 is 0 Å². The highest BCUT2D eigenvalue weighted by Gasteiger charge is 2.29. The van der Waals surface area contributed by atoms with E-state index >= 15 is 0 Å². The molecule has 3 aliphatic rings. The third kappa shape index (κ3) is 4.72. The molecule has 1 aliphatic heterocycles. The number of fused-ring (bicyclic) bond motifs is 1. The van der Waals surface area contributed by atoms with E-state index in [1.54, 1.807) is 7.11 Å². The topological polar surface area (TPSA) is 55.4 Å². The first-order valence-corrected chi connectivity index (χ1v) is 10.7. The van der Waals surface area contributed by atoms with Crippen molar-refractivity contribution < 1.29 is 14.3 Å². The van der Waals surface area contributed by atoms with E-state index in [1.807, 2.05) is 32.1 Å². The molecule has 1 atom stereocenters. The molecule has 4 heteroatoms. The van der Waals surface area contributed by atoms with Gasteiger partial charge in [0.05, 0.1) is 12.1 Å². The van der Waals surface area contributed by atoms with Gasteiger partial charge in [-0.25, -0.2) is 0 Å². The Morgan fingerprint density at radius 1 is 1.21 bits per heavy atom. The van der Waals surface area contributed by atoms with Crippen molar-refractivity contribution in [2.75, 3.05) is 7.11 Å². The van der Waals surface area contributed by atoms with E-state index in [1.165, 1.54) is 5.57 Å². The summed E-state index contributed by atoms with van der Waals surface area (Å²) < 4.78 is 5.45. The molecule has 4 nitrogen and oxygen atoms in total. The number of carbonyl (C=O) groups is 2. The molecule has 1 heterocycles. The number of rotatable bonds is 4. The summed E-state index contributed by atoms with van der Waals surface area (Å²) in [4.78, 5) is 25.6. The summed E-state index contributed by atoms with van der Waals surface area (Å²) in [6.07, 6.45) is 15.6. The van der Waals surface area contributed by atoms with Crippen LogP contribution in [0.1, 0.15) is 65.2 Å². The minimum Gasteiger partial charge on any atom is -0.381 e. The molecule has 0 radical (unpaired) electrons. The second-order valence-electron chi connectivity index (χ2n) is 8.15. The van der Waals surface area contributed by atoms with Crippen molar-refractivity contribution in [2.45, 2.75) is 77.4 Å². The molecule has 0 spiro atoms. The Hall–Kier alpha value is -1.94. The summed E-state index contributed by atoms with van der Waals surface area (Å²) in [6.45, 7) is 4.04. The maximum atomic E-state index is 13.2. The number of hydrogen-bond donors (Lipinski definition) is 1. The van der Waals surface area contributed by atoms with Gasteiger partial charge in [0.15, 0.2) is 5.78 Å².